The normalized spacial score (nSPS) is 33.4. The predicted molar refractivity (Wildman–Crippen MR) is 82.0 cm³/mol. The van der Waals surface area contributed by atoms with Gasteiger partial charge in [-0.25, -0.2) is 13.6 Å². The van der Waals surface area contributed by atoms with E-state index < -0.39 is 30.6 Å². The summed E-state index contributed by atoms with van der Waals surface area (Å²) in [6.07, 6.45) is -0.592. The molecule has 1 unspecified atom stereocenters. The van der Waals surface area contributed by atoms with Gasteiger partial charge in [-0.2, -0.15) is 0 Å². The molecule has 1 aliphatic carbocycles. The number of amides is 4. The topological polar surface area (TPSA) is 99.8 Å². The first-order valence-corrected chi connectivity index (χ1v) is 8.43. The van der Waals surface area contributed by atoms with E-state index in [0.717, 1.165) is 0 Å². The van der Waals surface area contributed by atoms with Crippen LogP contribution < -0.4 is 16.0 Å². The largest absolute Gasteiger partial charge is 0.378 e. The van der Waals surface area contributed by atoms with Crippen molar-refractivity contribution in [3.05, 3.63) is 0 Å². The molecule has 4 amide bonds. The van der Waals surface area contributed by atoms with Gasteiger partial charge in [-0.15, -0.1) is 0 Å². The summed E-state index contributed by atoms with van der Waals surface area (Å²) in [5.41, 5.74) is -0.881. The third kappa shape index (κ3) is 3.90. The van der Waals surface area contributed by atoms with Crippen molar-refractivity contribution in [2.75, 3.05) is 26.3 Å². The second kappa shape index (κ2) is 7.20. The summed E-state index contributed by atoms with van der Waals surface area (Å²) in [6, 6.07) is -1.37. The minimum Gasteiger partial charge on any atom is -0.378 e. The van der Waals surface area contributed by atoms with Crippen LogP contribution in [0.15, 0.2) is 0 Å². The van der Waals surface area contributed by atoms with Crippen LogP contribution >= 0.6 is 0 Å². The van der Waals surface area contributed by atoms with Gasteiger partial charge in [0.1, 0.15) is 11.6 Å². The van der Waals surface area contributed by atoms with Crippen molar-refractivity contribution in [1.82, 2.24) is 20.9 Å². The molecule has 0 radical (unpaired) electrons. The number of imide groups is 1. The molecule has 0 aromatic heterocycles. The number of rotatable bonds is 4. The summed E-state index contributed by atoms with van der Waals surface area (Å²) in [5, 5.41) is 7.77. The van der Waals surface area contributed by atoms with E-state index in [1.54, 1.807) is 0 Å². The molecule has 3 aliphatic rings. The van der Waals surface area contributed by atoms with Crippen LogP contribution in [0.25, 0.3) is 0 Å². The van der Waals surface area contributed by atoms with E-state index in [9.17, 15) is 23.2 Å². The first-order valence-electron chi connectivity index (χ1n) is 8.43. The van der Waals surface area contributed by atoms with E-state index in [1.807, 2.05) is 0 Å². The minimum absolute atomic E-state index is 0.0909. The maximum atomic E-state index is 12.7. The van der Waals surface area contributed by atoms with Gasteiger partial charge in [0.15, 0.2) is 0 Å². The Kier molecular flexibility index (Phi) is 5.19. The minimum atomic E-state index is -2.51. The van der Waals surface area contributed by atoms with Crippen LogP contribution in [0, 0.1) is 0 Å². The lowest BCUT2D eigenvalue weighted by Crippen LogP contribution is -2.58. The smallest absolute Gasteiger partial charge is 0.322 e. The van der Waals surface area contributed by atoms with Crippen LogP contribution in [0.2, 0.25) is 0 Å². The number of hydrogen-bond donors (Lipinski definition) is 3. The third-order valence-electron chi connectivity index (χ3n) is 5.11. The number of halogens is 2. The van der Waals surface area contributed by atoms with Gasteiger partial charge >= 0.3 is 6.03 Å². The van der Waals surface area contributed by atoms with Crippen LogP contribution in [0.5, 0.6) is 0 Å². The molecule has 1 saturated carbocycles. The lowest BCUT2D eigenvalue weighted by atomic mass is 9.79. The molecule has 3 rings (SSSR count). The predicted octanol–water partition coefficient (Wildman–Crippen LogP) is -0.411. The Balaban J connectivity index is 1.53. The van der Waals surface area contributed by atoms with Crippen molar-refractivity contribution < 1.29 is 27.9 Å². The fourth-order valence-corrected chi connectivity index (χ4v) is 3.71. The summed E-state index contributed by atoms with van der Waals surface area (Å²) in [5.74, 6) is -0.660. The average Bonchev–Trinajstić information content (AvgIpc) is 2.83. The molecule has 140 valence electrons. The Labute approximate surface area is 143 Å². The molecular formula is C15H22F2N4O4. The number of morpholine rings is 1. The van der Waals surface area contributed by atoms with Gasteiger partial charge in [0.25, 0.3) is 12.3 Å². The average molecular weight is 360 g/mol. The first kappa shape index (κ1) is 18.0. The van der Waals surface area contributed by atoms with E-state index in [0.29, 0.717) is 38.8 Å². The van der Waals surface area contributed by atoms with Crippen molar-refractivity contribution >= 4 is 17.8 Å². The zero-order valence-corrected chi connectivity index (χ0v) is 13.7. The highest BCUT2D eigenvalue weighted by atomic mass is 19.3. The van der Waals surface area contributed by atoms with Gasteiger partial charge in [0.2, 0.25) is 5.91 Å². The number of ether oxygens (including phenoxy) is 1. The summed E-state index contributed by atoms with van der Waals surface area (Å²) < 4.78 is 30.6. The molecule has 2 saturated heterocycles. The van der Waals surface area contributed by atoms with E-state index in [1.165, 1.54) is 4.90 Å². The monoisotopic (exact) mass is 360 g/mol. The Morgan fingerprint density at radius 2 is 2.08 bits per heavy atom. The van der Waals surface area contributed by atoms with Gasteiger partial charge in [0.05, 0.1) is 19.8 Å². The summed E-state index contributed by atoms with van der Waals surface area (Å²) in [7, 11) is 0. The highest BCUT2D eigenvalue weighted by Crippen LogP contribution is 2.31. The standard InChI is InChI=1S/C15H22F2N4O4/c16-11(17)7-21-5-6-25-8-10(21)12(22)18-9-1-3-15(4-2-9)13(23)19-14(24)20-15/h9-11H,1-8H2,(H,18,22)(H2,19,20,23,24). The maximum absolute atomic E-state index is 12.7. The molecule has 0 aromatic carbocycles. The SMILES string of the molecule is O=C1NC(=O)C2(CCC(NC(=O)C3COCCN3CC(F)F)CC2)N1. The Morgan fingerprint density at radius 1 is 1.36 bits per heavy atom. The van der Waals surface area contributed by atoms with Crippen LogP contribution in [-0.4, -0.2) is 73.1 Å². The number of carbonyl (C=O) groups is 3. The quantitative estimate of drug-likeness (QED) is 0.592. The molecule has 2 aliphatic heterocycles. The highest BCUT2D eigenvalue weighted by Gasteiger charge is 2.48. The molecule has 1 spiro atoms. The number of nitrogens with one attached hydrogen (secondary N) is 3. The van der Waals surface area contributed by atoms with Gasteiger partial charge in [-0.3, -0.25) is 19.8 Å². The number of alkyl halides is 2. The molecule has 1 atom stereocenters. The molecule has 25 heavy (non-hydrogen) atoms. The van der Waals surface area contributed by atoms with Crippen molar-refractivity contribution in [3.8, 4) is 0 Å². The van der Waals surface area contributed by atoms with Crippen LogP contribution in [0.4, 0.5) is 13.6 Å². The van der Waals surface area contributed by atoms with Gasteiger partial charge in [-0.1, -0.05) is 0 Å². The molecule has 10 heteroatoms. The maximum Gasteiger partial charge on any atom is 0.322 e. The summed E-state index contributed by atoms with van der Waals surface area (Å²) in [6.45, 7) is 0.259. The van der Waals surface area contributed by atoms with Gasteiger partial charge in [0, 0.05) is 12.6 Å². The van der Waals surface area contributed by atoms with Gasteiger partial charge in [-0.05, 0) is 25.7 Å². The van der Waals surface area contributed by atoms with Crippen LogP contribution in [0.3, 0.4) is 0 Å². The molecular weight excluding hydrogens is 338 g/mol. The second-order valence-electron chi connectivity index (χ2n) is 6.75. The Bertz CT molecular complexity index is 552. The fraction of sp³-hybridized carbons (Fsp3) is 0.800. The first-order chi connectivity index (χ1) is 11.9. The van der Waals surface area contributed by atoms with E-state index in [-0.39, 0.29) is 24.5 Å². The van der Waals surface area contributed by atoms with Crippen molar-refractivity contribution in [2.45, 2.75) is 49.7 Å². The van der Waals surface area contributed by atoms with Crippen molar-refractivity contribution in [3.63, 3.8) is 0 Å². The second-order valence-corrected chi connectivity index (χ2v) is 6.75. The van der Waals surface area contributed by atoms with E-state index >= 15 is 0 Å². The number of carbonyl (C=O) groups excluding carboxylic acids is 3. The zero-order valence-electron chi connectivity index (χ0n) is 13.7. The number of hydrogen-bond acceptors (Lipinski definition) is 5. The molecule has 2 heterocycles. The lowest BCUT2D eigenvalue weighted by molar-refractivity contribution is -0.135. The summed E-state index contributed by atoms with van der Waals surface area (Å²) in [4.78, 5) is 37.1. The number of nitrogens with zero attached hydrogens (tertiary/aromatic N) is 1. The fourth-order valence-electron chi connectivity index (χ4n) is 3.71. The van der Waals surface area contributed by atoms with Crippen LogP contribution in [0.1, 0.15) is 25.7 Å². The zero-order chi connectivity index (χ0) is 18.0. The van der Waals surface area contributed by atoms with E-state index in [2.05, 4.69) is 16.0 Å². The van der Waals surface area contributed by atoms with E-state index in [4.69, 9.17) is 4.74 Å². The number of urea groups is 1. The Morgan fingerprint density at radius 3 is 2.68 bits per heavy atom. The molecule has 0 aromatic rings. The van der Waals surface area contributed by atoms with Gasteiger partial charge < -0.3 is 15.4 Å². The van der Waals surface area contributed by atoms with Crippen molar-refractivity contribution in [2.24, 2.45) is 0 Å². The molecule has 8 nitrogen and oxygen atoms in total. The molecule has 3 fully saturated rings. The lowest BCUT2D eigenvalue weighted by Gasteiger charge is -2.38. The third-order valence-corrected chi connectivity index (χ3v) is 5.11. The summed E-state index contributed by atoms with van der Waals surface area (Å²) >= 11 is 0. The highest BCUT2D eigenvalue weighted by molar-refractivity contribution is 6.07. The molecule has 0 bridgehead atoms. The van der Waals surface area contributed by atoms with Crippen molar-refractivity contribution in [1.29, 1.82) is 0 Å². The van der Waals surface area contributed by atoms with Crippen LogP contribution in [-0.2, 0) is 14.3 Å². The molecule has 3 N–H and O–H groups in total. The Hall–Kier alpha value is -1.81.